The second kappa shape index (κ2) is 5.48. The van der Waals surface area contributed by atoms with Crippen LogP contribution in [0.3, 0.4) is 0 Å². The van der Waals surface area contributed by atoms with E-state index in [-0.39, 0.29) is 0 Å². The number of nitrogens with one attached hydrogen (secondary N) is 2. The minimum absolute atomic E-state index is 0.355. The number of aromatic nitrogens is 4. The topological polar surface area (TPSA) is 79.0 Å². The van der Waals surface area contributed by atoms with Crippen molar-refractivity contribution >= 4 is 17.0 Å². The first kappa shape index (κ1) is 13.9. The van der Waals surface area contributed by atoms with Gasteiger partial charge in [0.15, 0.2) is 11.5 Å². The van der Waals surface area contributed by atoms with Gasteiger partial charge >= 0.3 is 0 Å². The largest absolute Gasteiger partial charge is 0.375 e. The van der Waals surface area contributed by atoms with E-state index in [4.69, 9.17) is 4.74 Å². The molecular formula is C15H22N6O. The van der Waals surface area contributed by atoms with Gasteiger partial charge in [-0.2, -0.15) is 0 Å². The fourth-order valence-electron chi connectivity index (χ4n) is 3.48. The normalized spacial score (nSPS) is 29.1. The first-order chi connectivity index (χ1) is 10.7. The number of hydrogen-bond donors (Lipinski definition) is 2. The summed E-state index contributed by atoms with van der Waals surface area (Å²) in [6.07, 6.45) is 4.66. The average Bonchev–Trinajstić information content (AvgIpc) is 3.12. The zero-order valence-electron chi connectivity index (χ0n) is 13.0. The van der Waals surface area contributed by atoms with Crippen LogP contribution in [0.15, 0.2) is 12.7 Å². The molecule has 3 atom stereocenters. The maximum absolute atomic E-state index is 6.00. The molecule has 7 nitrogen and oxygen atoms in total. The van der Waals surface area contributed by atoms with Gasteiger partial charge in [-0.25, -0.2) is 15.0 Å². The summed E-state index contributed by atoms with van der Waals surface area (Å²) in [6.45, 7) is 7.37. The summed E-state index contributed by atoms with van der Waals surface area (Å²) >= 11 is 0. The van der Waals surface area contributed by atoms with Gasteiger partial charge in [-0.15, -0.1) is 0 Å². The summed E-state index contributed by atoms with van der Waals surface area (Å²) in [6, 6.07) is 0.910. The summed E-state index contributed by atoms with van der Waals surface area (Å²) in [4.78, 5) is 18.4. The molecule has 0 saturated carbocycles. The van der Waals surface area contributed by atoms with E-state index in [2.05, 4.69) is 44.0 Å². The molecule has 2 aromatic heterocycles. The number of ether oxygens (including phenoxy) is 1. The predicted molar refractivity (Wildman–Crippen MR) is 83.7 cm³/mol. The van der Waals surface area contributed by atoms with Gasteiger partial charge in [-0.1, -0.05) is 13.8 Å². The van der Waals surface area contributed by atoms with Crippen LogP contribution in [0, 0.1) is 5.92 Å². The van der Waals surface area contributed by atoms with Crippen molar-refractivity contribution in [3.05, 3.63) is 12.7 Å². The molecule has 0 aromatic carbocycles. The fourth-order valence-corrected chi connectivity index (χ4v) is 3.48. The molecule has 2 fully saturated rings. The van der Waals surface area contributed by atoms with Gasteiger partial charge in [-0.3, -0.25) is 4.90 Å². The van der Waals surface area contributed by atoms with Crippen molar-refractivity contribution < 1.29 is 4.74 Å². The minimum Gasteiger partial charge on any atom is -0.375 e. The van der Waals surface area contributed by atoms with Crippen LogP contribution in [0.5, 0.6) is 0 Å². The van der Waals surface area contributed by atoms with Crippen LogP contribution in [0.1, 0.15) is 20.3 Å². The van der Waals surface area contributed by atoms with Gasteiger partial charge in [-0.05, 0) is 12.3 Å². The van der Waals surface area contributed by atoms with Crippen LogP contribution in [-0.4, -0.2) is 62.7 Å². The van der Waals surface area contributed by atoms with Crippen molar-refractivity contribution in [1.82, 2.24) is 24.8 Å². The molecule has 0 aliphatic carbocycles. The van der Waals surface area contributed by atoms with E-state index in [1.807, 2.05) is 0 Å². The molecule has 0 radical (unpaired) electrons. The Morgan fingerprint density at radius 3 is 3.09 bits per heavy atom. The van der Waals surface area contributed by atoms with E-state index < -0.39 is 0 Å². The van der Waals surface area contributed by atoms with Crippen LogP contribution >= 0.6 is 0 Å². The zero-order chi connectivity index (χ0) is 15.1. The van der Waals surface area contributed by atoms with Crippen LogP contribution < -0.4 is 5.32 Å². The van der Waals surface area contributed by atoms with E-state index in [1.165, 1.54) is 0 Å². The lowest BCUT2D eigenvalue weighted by atomic mass is 10.0. The van der Waals surface area contributed by atoms with Crippen molar-refractivity contribution in [2.24, 2.45) is 5.92 Å². The Kier molecular flexibility index (Phi) is 3.46. The third kappa shape index (κ3) is 2.44. The highest BCUT2D eigenvalue weighted by molar-refractivity contribution is 5.82. The molecule has 2 aliphatic rings. The molecule has 7 heteroatoms. The van der Waals surface area contributed by atoms with Crippen LogP contribution in [0.4, 0.5) is 5.82 Å². The molecule has 2 aromatic rings. The summed E-state index contributed by atoms with van der Waals surface area (Å²) < 4.78 is 6.00. The van der Waals surface area contributed by atoms with E-state index in [0.29, 0.717) is 29.8 Å². The van der Waals surface area contributed by atoms with Gasteiger partial charge in [0.25, 0.3) is 0 Å². The second-order valence-electron chi connectivity index (χ2n) is 6.62. The summed E-state index contributed by atoms with van der Waals surface area (Å²) in [5.74, 6) is 1.41. The fraction of sp³-hybridized carbons (Fsp3) is 0.667. The number of hydrogen-bond acceptors (Lipinski definition) is 6. The van der Waals surface area contributed by atoms with Gasteiger partial charge < -0.3 is 15.0 Å². The minimum atomic E-state index is 0.355. The lowest BCUT2D eigenvalue weighted by Gasteiger charge is -2.36. The Labute approximate surface area is 129 Å². The Morgan fingerprint density at radius 1 is 1.32 bits per heavy atom. The lowest BCUT2D eigenvalue weighted by molar-refractivity contribution is -0.0683. The maximum atomic E-state index is 6.00. The molecule has 4 heterocycles. The van der Waals surface area contributed by atoms with Crippen molar-refractivity contribution in [3.8, 4) is 0 Å². The van der Waals surface area contributed by atoms with Crippen molar-refractivity contribution in [1.29, 1.82) is 0 Å². The number of fused-ring (bicyclic) bond motifs is 2. The molecule has 2 N–H and O–H groups in total. The Bertz CT molecular complexity index is 656. The number of H-pyrrole nitrogens is 1. The van der Waals surface area contributed by atoms with E-state index >= 15 is 0 Å². The molecule has 0 spiro atoms. The summed E-state index contributed by atoms with van der Waals surface area (Å²) in [5.41, 5.74) is 1.58. The van der Waals surface area contributed by atoms with Crippen LogP contribution in [0.25, 0.3) is 11.2 Å². The van der Waals surface area contributed by atoms with Crippen molar-refractivity contribution in [3.63, 3.8) is 0 Å². The molecule has 0 bridgehead atoms. The standard InChI is InChI=1S/C15H22N6O/c1-9(2)12-5-21-4-10(3-11(21)6-22-12)20-15-13-14(17-7-16-13)18-8-19-15/h7-12H,3-6H2,1-2H3,(H2,16,17,18,19,20)/t10-,11-,12-/m0/s1. The summed E-state index contributed by atoms with van der Waals surface area (Å²) in [5, 5.41) is 3.55. The molecule has 0 amide bonds. The zero-order valence-corrected chi connectivity index (χ0v) is 13.0. The van der Waals surface area contributed by atoms with Crippen LogP contribution in [-0.2, 0) is 4.74 Å². The third-order valence-corrected chi connectivity index (χ3v) is 4.75. The SMILES string of the molecule is CC(C)[C@@H]1CN2C[C@@H](Nc3ncnc4nc[nH]c34)C[C@H]2CO1. The first-order valence-corrected chi connectivity index (χ1v) is 7.97. The van der Waals surface area contributed by atoms with E-state index in [1.54, 1.807) is 12.7 Å². The first-order valence-electron chi connectivity index (χ1n) is 7.97. The number of rotatable bonds is 3. The predicted octanol–water partition coefficient (Wildman–Crippen LogP) is 1.26. The molecule has 4 rings (SSSR count). The quantitative estimate of drug-likeness (QED) is 0.889. The van der Waals surface area contributed by atoms with E-state index in [9.17, 15) is 0 Å². The van der Waals surface area contributed by atoms with Crippen molar-refractivity contribution in [2.75, 3.05) is 25.0 Å². The highest BCUT2D eigenvalue weighted by Gasteiger charge is 2.38. The highest BCUT2D eigenvalue weighted by Crippen LogP contribution is 2.28. The number of aromatic amines is 1. The van der Waals surface area contributed by atoms with Gasteiger partial charge in [0.2, 0.25) is 0 Å². The molecule has 2 saturated heterocycles. The monoisotopic (exact) mass is 302 g/mol. The lowest BCUT2D eigenvalue weighted by Crippen LogP contribution is -2.48. The van der Waals surface area contributed by atoms with Crippen LogP contribution in [0.2, 0.25) is 0 Å². The second-order valence-corrected chi connectivity index (χ2v) is 6.62. The third-order valence-electron chi connectivity index (χ3n) is 4.75. The average molecular weight is 302 g/mol. The number of imidazole rings is 1. The van der Waals surface area contributed by atoms with Gasteiger partial charge in [0.1, 0.15) is 11.8 Å². The molecule has 2 aliphatic heterocycles. The number of morpholine rings is 1. The molecule has 22 heavy (non-hydrogen) atoms. The molecular weight excluding hydrogens is 280 g/mol. The number of nitrogens with zero attached hydrogens (tertiary/aromatic N) is 4. The Balaban J connectivity index is 1.46. The van der Waals surface area contributed by atoms with E-state index in [0.717, 1.165) is 37.5 Å². The Hall–Kier alpha value is -1.73. The van der Waals surface area contributed by atoms with Crippen molar-refractivity contribution in [2.45, 2.75) is 38.5 Å². The molecule has 0 unspecified atom stereocenters. The van der Waals surface area contributed by atoms with Gasteiger partial charge in [0.05, 0.1) is 19.0 Å². The smallest absolute Gasteiger partial charge is 0.182 e. The van der Waals surface area contributed by atoms with Gasteiger partial charge in [0, 0.05) is 25.2 Å². The number of anilines is 1. The maximum Gasteiger partial charge on any atom is 0.182 e. The molecule has 118 valence electrons. The highest BCUT2D eigenvalue weighted by atomic mass is 16.5. The summed E-state index contributed by atoms with van der Waals surface area (Å²) in [7, 11) is 0. The Morgan fingerprint density at radius 2 is 2.23 bits per heavy atom.